The topological polar surface area (TPSA) is 105 Å². The number of aromatic hydroxyl groups is 1. The summed E-state index contributed by atoms with van der Waals surface area (Å²) < 4.78 is 12.0. The zero-order valence-corrected chi connectivity index (χ0v) is 19.3. The van der Waals surface area contributed by atoms with Crippen molar-refractivity contribution in [3.8, 4) is 11.5 Å². The maximum Gasteiger partial charge on any atom is 0.316 e. The lowest BCUT2D eigenvalue weighted by Gasteiger charge is -2.48. The molecule has 1 aromatic carbocycles. The minimum atomic E-state index is -0.718. The summed E-state index contributed by atoms with van der Waals surface area (Å²) in [6.45, 7) is 7.10. The van der Waals surface area contributed by atoms with Crippen LogP contribution in [0.3, 0.4) is 0 Å². The van der Waals surface area contributed by atoms with Crippen molar-refractivity contribution >= 4 is 5.97 Å². The van der Waals surface area contributed by atoms with Gasteiger partial charge in [0.15, 0.2) is 0 Å². The van der Waals surface area contributed by atoms with E-state index < -0.39 is 5.41 Å². The molecule has 0 spiro atoms. The molecular weight excluding hydrogens is 406 g/mol. The van der Waals surface area contributed by atoms with Crippen LogP contribution in [0.1, 0.15) is 82.8 Å². The first-order valence-electron chi connectivity index (χ1n) is 11.7. The minimum absolute atomic E-state index is 0.216. The first-order chi connectivity index (χ1) is 15.3. The Bertz CT molecular complexity index is 974. The van der Waals surface area contributed by atoms with Gasteiger partial charge in [-0.2, -0.15) is 0 Å². The van der Waals surface area contributed by atoms with E-state index in [0.717, 1.165) is 30.4 Å². The number of carbonyl (C=O) groups excluding carboxylic acids is 1. The largest absolute Gasteiger partial charge is 0.508 e. The fraction of sp³-hybridized carbons (Fsp3) is 0.640. The first kappa shape index (κ1) is 22.5. The highest BCUT2D eigenvalue weighted by Crippen LogP contribution is 2.56. The van der Waals surface area contributed by atoms with E-state index in [1.54, 1.807) is 6.07 Å². The predicted octanol–water partition coefficient (Wildman–Crippen LogP) is 6.06. The van der Waals surface area contributed by atoms with E-state index in [0.29, 0.717) is 50.5 Å². The van der Waals surface area contributed by atoms with Gasteiger partial charge in [0.05, 0.1) is 12.0 Å². The molecule has 0 amide bonds. The molecule has 172 valence electrons. The van der Waals surface area contributed by atoms with E-state index in [1.807, 2.05) is 6.07 Å². The molecule has 0 saturated heterocycles. The maximum absolute atomic E-state index is 13.1. The lowest BCUT2D eigenvalue weighted by Crippen LogP contribution is -2.46. The molecule has 1 saturated carbocycles. The predicted molar refractivity (Wildman–Crippen MR) is 122 cm³/mol. The highest BCUT2D eigenvalue weighted by atomic mass is 16.5. The van der Waals surface area contributed by atoms with Gasteiger partial charge >= 0.3 is 5.97 Å². The van der Waals surface area contributed by atoms with Gasteiger partial charge in [-0.3, -0.25) is 4.79 Å². The molecule has 1 N–H and O–H groups in total. The number of esters is 1. The van der Waals surface area contributed by atoms with Gasteiger partial charge in [-0.1, -0.05) is 23.2 Å². The molecule has 7 heteroatoms. The van der Waals surface area contributed by atoms with Crippen LogP contribution in [-0.4, -0.2) is 29.8 Å². The Kier molecular flexibility index (Phi) is 6.13. The average molecular weight is 440 g/mol. The second-order valence-corrected chi connectivity index (χ2v) is 10.0. The van der Waals surface area contributed by atoms with Gasteiger partial charge in [0.25, 0.3) is 0 Å². The van der Waals surface area contributed by atoms with Crippen molar-refractivity contribution in [2.45, 2.75) is 82.7 Å². The Morgan fingerprint density at radius 1 is 1.34 bits per heavy atom. The van der Waals surface area contributed by atoms with Crippen LogP contribution in [0.4, 0.5) is 0 Å². The van der Waals surface area contributed by atoms with Gasteiger partial charge < -0.3 is 14.6 Å². The van der Waals surface area contributed by atoms with Crippen LogP contribution >= 0.6 is 0 Å². The van der Waals surface area contributed by atoms with Crippen LogP contribution in [0, 0.1) is 5.92 Å². The number of benzene rings is 1. The molecule has 0 aromatic heterocycles. The average Bonchev–Trinajstić information content (AvgIpc) is 2.68. The molecule has 2 aliphatic carbocycles. The van der Waals surface area contributed by atoms with Crippen molar-refractivity contribution in [1.29, 1.82) is 0 Å². The Balaban J connectivity index is 1.58. The number of hydrogen-bond acceptors (Lipinski definition) is 5. The summed E-state index contributed by atoms with van der Waals surface area (Å²) in [7, 11) is 0. The van der Waals surface area contributed by atoms with E-state index in [1.165, 1.54) is 5.57 Å². The number of phenols is 1. The fourth-order valence-corrected chi connectivity index (χ4v) is 5.61. The summed E-state index contributed by atoms with van der Waals surface area (Å²) in [5.74, 6) is 1.22. The molecule has 1 aromatic rings. The maximum atomic E-state index is 13.1. The fourth-order valence-electron chi connectivity index (χ4n) is 5.61. The molecule has 1 heterocycles. The number of ether oxygens (including phenoxy) is 2. The zero-order chi connectivity index (χ0) is 22.9. The number of nitrogens with zero attached hydrogens (tertiary/aromatic N) is 3. The van der Waals surface area contributed by atoms with Gasteiger partial charge in [-0.05, 0) is 82.5 Å². The zero-order valence-electron chi connectivity index (χ0n) is 19.3. The number of rotatable bonds is 7. The van der Waals surface area contributed by atoms with Crippen LogP contribution in [0.15, 0.2) is 28.9 Å². The van der Waals surface area contributed by atoms with Crippen LogP contribution in [-0.2, 0) is 14.9 Å². The third kappa shape index (κ3) is 3.95. The standard InChI is InChI=1S/C25H33N3O4/c1-16-7-8-19-18(13-16)22-20(29)14-17(15-21(22)32-24(19,2)3)25(9-6-10-25)23(30)31-12-5-4-11-27-28-26/h7,14-15,18-19,29H,4-6,8-13H2,1-3H3/t18-,19-/m1/s1. The molecule has 7 nitrogen and oxygen atoms in total. The summed E-state index contributed by atoms with van der Waals surface area (Å²) >= 11 is 0. The number of hydrogen-bond donors (Lipinski definition) is 1. The lowest BCUT2D eigenvalue weighted by atomic mass is 9.63. The van der Waals surface area contributed by atoms with E-state index in [4.69, 9.17) is 15.0 Å². The summed E-state index contributed by atoms with van der Waals surface area (Å²) in [6.07, 6.45) is 7.85. The van der Waals surface area contributed by atoms with Crippen LogP contribution in [0.25, 0.3) is 10.4 Å². The molecular formula is C25H33N3O4. The molecule has 0 unspecified atom stereocenters. The van der Waals surface area contributed by atoms with E-state index in [9.17, 15) is 9.90 Å². The Labute approximate surface area is 189 Å². The smallest absolute Gasteiger partial charge is 0.316 e. The number of allylic oxidation sites excluding steroid dienone is 2. The summed E-state index contributed by atoms with van der Waals surface area (Å²) in [5.41, 5.74) is 10.3. The quantitative estimate of drug-likeness (QED) is 0.139. The second kappa shape index (κ2) is 8.70. The van der Waals surface area contributed by atoms with Crippen molar-refractivity contribution in [3.05, 3.63) is 45.4 Å². The Morgan fingerprint density at radius 3 is 2.81 bits per heavy atom. The van der Waals surface area contributed by atoms with Gasteiger partial charge in [-0.15, -0.1) is 0 Å². The van der Waals surface area contributed by atoms with Crippen LogP contribution in [0.2, 0.25) is 0 Å². The van der Waals surface area contributed by atoms with Crippen molar-refractivity contribution in [2.75, 3.05) is 13.2 Å². The highest BCUT2D eigenvalue weighted by molar-refractivity contribution is 5.85. The number of azide groups is 1. The molecule has 4 rings (SSSR count). The molecule has 32 heavy (non-hydrogen) atoms. The van der Waals surface area contributed by atoms with E-state index >= 15 is 0 Å². The van der Waals surface area contributed by atoms with Crippen molar-refractivity contribution < 1.29 is 19.4 Å². The molecule has 1 fully saturated rings. The normalized spacial score (nSPS) is 24.5. The number of fused-ring (bicyclic) bond motifs is 3. The Morgan fingerprint density at radius 2 is 2.12 bits per heavy atom. The van der Waals surface area contributed by atoms with Gasteiger partial charge in [-0.25, -0.2) is 0 Å². The third-order valence-corrected chi connectivity index (χ3v) is 7.60. The van der Waals surface area contributed by atoms with E-state index in [2.05, 4.69) is 36.9 Å². The van der Waals surface area contributed by atoms with Gasteiger partial charge in [0.2, 0.25) is 0 Å². The van der Waals surface area contributed by atoms with Crippen LogP contribution < -0.4 is 4.74 Å². The third-order valence-electron chi connectivity index (χ3n) is 7.60. The second-order valence-electron chi connectivity index (χ2n) is 10.0. The number of carbonyl (C=O) groups is 1. The highest BCUT2D eigenvalue weighted by Gasteiger charge is 2.50. The molecule has 0 bridgehead atoms. The van der Waals surface area contributed by atoms with E-state index in [-0.39, 0.29) is 23.2 Å². The van der Waals surface area contributed by atoms with Crippen LogP contribution in [0.5, 0.6) is 11.5 Å². The van der Waals surface area contributed by atoms with Crippen molar-refractivity contribution in [3.63, 3.8) is 0 Å². The summed E-state index contributed by atoms with van der Waals surface area (Å²) in [5, 5.41) is 14.6. The molecule has 3 aliphatic rings. The summed E-state index contributed by atoms with van der Waals surface area (Å²) in [6, 6.07) is 3.75. The monoisotopic (exact) mass is 439 g/mol. The van der Waals surface area contributed by atoms with Crippen molar-refractivity contribution in [1.82, 2.24) is 0 Å². The summed E-state index contributed by atoms with van der Waals surface area (Å²) in [4.78, 5) is 15.8. The van der Waals surface area contributed by atoms with Gasteiger partial charge in [0, 0.05) is 28.9 Å². The van der Waals surface area contributed by atoms with Gasteiger partial charge in [0.1, 0.15) is 17.1 Å². The molecule has 0 radical (unpaired) electrons. The molecule has 1 aliphatic heterocycles. The van der Waals surface area contributed by atoms with Crippen molar-refractivity contribution in [2.24, 2.45) is 11.0 Å². The minimum Gasteiger partial charge on any atom is -0.508 e. The Hall–Kier alpha value is -2.66. The SMILES string of the molecule is CC1=CC[C@@H]2[C@@H](C1)c1c(O)cc(C3(C(=O)OCCCCN=[N+]=[N-])CCC3)cc1OC2(C)C. The number of phenolic OH excluding ortho intramolecular Hbond substituents is 1. The number of unbranched alkanes of at least 4 members (excludes halogenated alkanes) is 1. The molecule has 2 atom stereocenters. The lowest BCUT2D eigenvalue weighted by molar-refractivity contribution is -0.154. The first-order valence-corrected chi connectivity index (χ1v) is 11.7.